The number of carbonyl (C=O) groups excluding carboxylic acids is 1. The maximum absolute atomic E-state index is 11.9. The first kappa shape index (κ1) is 17.6. The van der Waals surface area contributed by atoms with Crippen molar-refractivity contribution >= 4 is 5.91 Å². The molecule has 0 atom stereocenters. The molecule has 0 radical (unpaired) electrons. The Hall–Kier alpha value is -1.75. The highest BCUT2D eigenvalue weighted by molar-refractivity contribution is 5.76. The predicted molar refractivity (Wildman–Crippen MR) is 88.7 cm³/mol. The van der Waals surface area contributed by atoms with Crippen LogP contribution in [-0.2, 0) is 4.79 Å². The SMILES string of the molecule is CCOc1ccccc1OCCCC(=O)NC1CCC(O)CC1. The largest absolute Gasteiger partial charge is 0.490 e. The minimum absolute atomic E-state index is 0.0630. The van der Waals surface area contributed by atoms with Crippen molar-refractivity contribution in [1.82, 2.24) is 5.32 Å². The molecule has 0 aromatic heterocycles. The van der Waals surface area contributed by atoms with Gasteiger partial charge in [0.05, 0.1) is 19.3 Å². The van der Waals surface area contributed by atoms with Gasteiger partial charge in [-0.15, -0.1) is 0 Å². The summed E-state index contributed by atoms with van der Waals surface area (Å²) in [6.07, 6.45) is 4.22. The molecule has 1 saturated carbocycles. The fourth-order valence-corrected chi connectivity index (χ4v) is 2.78. The van der Waals surface area contributed by atoms with E-state index in [0.29, 0.717) is 26.1 Å². The zero-order valence-electron chi connectivity index (χ0n) is 13.8. The summed E-state index contributed by atoms with van der Waals surface area (Å²) in [6.45, 7) is 3.02. The highest BCUT2D eigenvalue weighted by atomic mass is 16.5. The molecule has 1 aliphatic carbocycles. The lowest BCUT2D eigenvalue weighted by molar-refractivity contribution is -0.122. The summed E-state index contributed by atoms with van der Waals surface area (Å²) in [5.41, 5.74) is 0. The third-order valence-corrected chi connectivity index (χ3v) is 4.02. The first-order chi connectivity index (χ1) is 11.2. The van der Waals surface area contributed by atoms with E-state index in [2.05, 4.69) is 5.32 Å². The molecule has 1 aliphatic rings. The molecule has 2 N–H and O–H groups in total. The van der Waals surface area contributed by atoms with Crippen molar-refractivity contribution in [2.45, 2.75) is 57.6 Å². The molecule has 0 saturated heterocycles. The Morgan fingerprint density at radius 1 is 1.17 bits per heavy atom. The molecule has 1 amide bonds. The van der Waals surface area contributed by atoms with Crippen LogP contribution in [0, 0.1) is 0 Å². The van der Waals surface area contributed by atoms with Crippen molar-refractivity contribution in [2.24, 2.45) is 0 Å². The van der Waals surface area contributed by atoms with E-state index in [1.165, 1.54) is 0 Å². The molecular formula is C18H27NO4. The molecule has 1 aromatic rings. The lowest BCUT2D eigenvalue weighted by atomic mass is 9.93. The van der Waals surface area contributed by atoms with Crippen LogP contribution in [0.1, 0.15) is 45.4 Å². The van der Waals surface area contributed by atoms with Gasteiger partial charge in [0.25, 0.3) is 0 Å². The van der Waals surface area contributed by atoms with Gasteiger partial charge in [0.15, 0.2) is 11.5 Å². The number of rotatable bonds is 8. The molecule has 1 fully saturated rings. The van der Waals surface area contributed by atoms with Crippen molar-refractivity contribution in [3.8, 4) is 11.5 Å². The van der Waals surface area contributed by atoms with Crippen molar-refractivity contribution < 1.29 is 19.4 Å². The van der Waals surface area contributed by atoms with Crippen LogP contribution in [0.3, 0.4) is 0 Å². The standard InChI is InChI=1S/C18H27NO4/c1-2-22-16-6-3-4-7-17(16)23-13-5-8-18(21)19-14-9-11-15(20)12-10-14/h3-4,6-7,14-15,20H,2,5,8-13H2,1H3,(H,19,21). The van der Waals surface area contributed by atoms with Crippen molar-refractivity contribution in [3.63, 3.8) is 0 Å². The summed E-state index contributed by atoms with van der Waals surface area (Å²) in [6, 6.07) is 7.78. The number of hydrogen-bond donors (Lipinski definition) is 2. The summed E-state index contributed by atoms with van der Waals surface area (Å²) in [5.74, 6) is 1.52. The third-order valence-electron chi connectivity index (χ3n) is 4.02. The summed E-state index contributed by atoms with van der Waals surface area (Å²) in [4.78, 5) is 11.9. The number of aliphatic hydroxyl groups excluding tert-OH is 1. The topological polar surface area (TPSA) is 67.8 Å². The highest BCUT2D eigenvalue weighted by Gasteiger charge is 2.20. The van der Waals surface area contributed by atoms with Crippen LogP contribution < -0.4 is 14.8 Å². The molecule has 23 heavy (non-hydrogen) atoms. The average Bonchev–Trinajstić information content (AvgIpc) is 2.55. The van der Waals surface area contributed by atoms with Crippen LogP contribution in [-0.4, -0.2) is 36.4 Å². The normalized spacial score (nSPS) is 20.8. The van der Waals surface area contributed by atoms with Gasteiger partial charge in [0, 0.05) is 12.5 Å². The van der Waals surface area contributed by atoms with E-state index in [1.54, 1.807) is 0 Å². The van der Waals surface area contributed by atoms with Gasteiger partial charge < -0.3 is 19.9 Å². The van der Waals surface area contributed by atoms with Crippen molar-refractivity contribution in [1.29, 1.82) is 0 Å². The number of carbonyl (C=O) groups is 1. The van der Waals surface area contributed by atoms with E-state index in [4.69, 9.17) is 9.47 Å². The van der Waals surface area contributed by atoms with Crippen LogP contribution in [0.25, 0.3) is 0 Å². The van der Waals surface area contributed by atoms with Gasteiger partial charge in [-0.2, -0.15) is 0 Å². The Balaban J connectivity index is 1.64. The van der Waals surface area contributed by atoms with Crippen LogP contribution in [0.2, 0.25) is 0 Å². The number of ether oxygens (including phenoxy) is 2. The fraction of sp³-hybridized carbons (Fsp3) is 0.611. The molecule has 0 spiro atoms. The van der Waals surface area contributed by atoms with Gasteiger partial charge >= 0.3 is 0 Å². The number of hydrogen-bond acceptors (Lipinski definition) is 4. The zero-order chi connectivity index (χ0) is 16.5. The third kappa shape index (κ3) is 6.10. The highest BCUT2D eigenvalue weighted by Crippen LogP contribution is 2.26. The van der Waals surface area contributed by atoms with Gasteiger partial charge in [0.2, 0.25) is 5.91 Å². The number of aliphatic hydroxyl groups is 1. The second-order valence-electron chi connectivity index (χ2n) is 5.90. The lowest BCUT2D eigenvalue weighted by Gasteiger charge is -2.26. The van der Waals surface area contributed by atoms with Gasteiger partial charge in [0.1, 0.15) is 0 Å². The Bertz CT molecular complexity index is 484. The van der Waals surface area contributed by atoms with Crippen LogP contribution in [0.15, 0.2) is 24.3 Å². The molecule has 5 nitrogen and oxygen atoms in total. The first-order valence-electron chi connectivity index (χ1n) is 8.51. The first-order valence-corrected chi connectivity index (χ1v) is 8.51. The Kier molecular flexibility index (Phi) is 7.20. The fourth-order valence-electron chi connectivity index (χ4n) is 2.78. The monoisotopic (exact) mass is 321 g/mol. The van der Waals surface area contributed by atoms with Gasteiger partial charge in [-0.25, -0.2) is 0 Å². The van der Waals surface area contributed by atoms with Crippen molar-refractivity contribution in [2.75, 3.05) is 13.2 Å². The zero-order valence-corrected chi connectivity index (χ0v) is 13.8. The van der Waals surface area contributed by atoms with Gasteiger partial charge in [-0.1, -0.05) is 12.1 Å². The molecule has 5 heteroatoms. The molecule has 0 unspecified atom stereocenters. The van der Waals surface area contributed by atoms with Crippen LogP contribution in [0.5, 0.6) is 11.5 Å². The molecule has 0 heterocycles. The number of para-hydroxylation sites is 2. The second kappa shape index (κ2) is 9.40. The summed E-state index contributed by atoms with van der Waals surface area (Å²) < 4.78 is 11.2. The maximum Gasteiger partial charge on any atom is 0.220 e. The predicted octanol–water partition coefficient (Wildman–Crippen LogP) is 2.66. The minimum Gasteiger partial charge on any atom is -0.490 e. The molecule has 0 aliphatic heterocycles. The lowest BCUT2D eigenvalue weighted by Crippen LogP contribution is -2.38. The van der Waals surface area contributed by atoms with E-state index in [1.807, 2.05) is 31.2 Å². The molecule has 0 bridgehead atoms. The van der Waals surface area contributed by atoms with Crippen LogP contribution >= 0.6 is 0 Å². The average molecular weight is 321 g/mol. The maximum atomic E-state index is 11.9. The minimum atomic E-state index is -0.193. The Labute approximate surface area is 138 Å². The van der Waals surface area contributed by atoms with Crippen molar-refractivity contribution in [3.05, 3.63) is 24.3 Å². The Morgan fingerprint density at radius 3 is 2.48 bits per heavy atom. The number of nitrogens with one attached hydrogen (secondary N) is 1. The van der Waals surface area contributed by atoms with Gasteiger partial charge in [-0.3, -0.25) is 4.79 Å². The second-order valence-corrected chi connectivity index (χ2v) is 5.90. The van der Waals surface area contributed by atoms with Crippen LogP contribution in [0.4, 0.5) is 0 Å². The quantitative estimate of drug-likeness (QED) is 0.722. The van der Waals surface area contributed by atoms with E-state index < -0.39 is 0 Å². The Morgan fingerprint density at radius 2 is 1.83 bits per heavy atom. The van der Waals surface area contributed by atoms with E-state index in [9.17, 15) is 9.90 Å². The van der Waals surface area contributed by atoms with Gasteiger partial charge in [-0.05, 0) is 51.2 Å². The summed E-state index contributed by atoms with van der Waals surface area (Å²) in [5, 5.41) is 12.5. The summed E-state index contributed by atoms with van der Waals surface area (Å²) >= 11 is 0. The summed E-state index contributed by atoms with van der Waals surface area (Å²) in [7, 11) is 0. The molecular weight excluding hydrogens is 294 g/mol. The van der Waals surface area contributed by atoms with E-state index in [-0.39, 0.29) is 18.1 Å². The smallest absolute Gasteiger partial charge is 0.220 e. The molecule has 128 valence electrons. The van der Waals surface area contributed by atoms with E-state index in [0.717, 1.165) is 37.2 Å². The molecule has 2 rings (SSSR count). The number of amides is 1. The van der Waals surface area contributed by atoms with E-state index >= 15 is 0 Å². The number of benzene rings is 1. The molecule has 1 aromatic carbocycles.